The number of nitrogens with one attached hydrogen (secondary N) is 2. The van der Waals surface area contributed by atoms with Gasteiger partial charge in [-0.15, -0.1) is 0 Å². The van der Waals surface area contributed by atoms with Crippen molar-refractivity contribution in [2.24, 2.45) is 5.92 Å². The van der Waals surface area contributed by atoms with E-state index in [1.807, 2.05) is 13.8 Å². The first-order valence-electron chi connectivity index (χ1n) is 7.66. The number of amides is 2. The van der Waals surface area contributed by atoms with E-state index in [1.165, 1.54) is 14.2 Å². The van der Waals surface area contributed by atoms with E-state index >= 15 is 0 Å². The first kappa shape index (κ1) is 19.5. The van der Waals surface area contributed by atoms with Crippen LogP contribution in [0.1, 0.15) is 30.6 Å². The second-order valence-electron chi connectivity index (χ2n) is 5.68. The average molecular weight is 336 g/mol. The van der Waals surface area contributed by atoms with Gasteiger partial charge in [0, 0.05) is 5.56 Å². The van der Waals surface area contributed by atoms with Crippen molar-refractivity contribution >= 4 is 17.8 Å². The molecule has 7 nitrogen and oxygen atoms in total. The van der Waals surface area contributed by atoms with E-state index in [-0.39, 0.29) is 18.4 Å². The number of rotatable bonds is 8. The number of hydrogen-bond donors (Lipinski definition) is 2. The standard InChI is InChI=1S/C17H24N2O5/c1-11(2)9-14(17(22)24-4)19-15(20)10-18-16(21)12-5-7-13(23-3)8-6-12/h5-8,11,14H,9-10H2,1-4H3,(H,18,21)(H,19,20)/t14-/m0/s1. The van der Waals surface area contributed by atoms with Gasteiger partial charge in [0.25, 0.3) is 5.91 Å². The van der Waals surface area contributed by atoms with Gasteiger partial charge in [0.1, 0.15) is 11.8 Å². The highest BCUT2D eigenvalue weighted by atomic mass is 16.5. The fourth-order valence-electron chi connectivity index (χ4n) is 2.08. The van der Waals surface area contributed by atoms with Gasteiger partial charge in [-0.3, -0.25) is 9.59 Å². The Bertz CT molecular complexity index is 569. The third kappa shape index (κ3) is 6.28. The fraction of sp³-hybridized carbons (Fsp3) is 0.471. The molecule has 0 saturated carbocycles. The molecule has 1 aromatic carbocycles. The highest BCUT2D eigenvalue weighted by Crippen LogP contribution is 2.11. The average Bonchev–Trinajstić information content (AvgIpc) is 2.58. The Morgan fingerprint density at radius 3 is 2.21 bits per heavy atom. The molecule has 1 aromatic rings. The van der Waals surface area contributed by atoms with Crippen molar-refractivity contribution in [2.75, 3.05) is 20.8 Å². The van der Waals surface area contributed by atoms with Gasteiger partial charge in [-0.2, -0.15) is 0 Å². The van der Waals surface area contributed by atoms with Crippen molar-refractivity contribution in [2.45, 2.75) is 26.3 Å². The highest BCUT2D eigenvalue weighted by Gasteiger charge is 2.22. The summed E-state index contributed by atoms with van der Waals surface area (Å²) in [5, 5.41) is 5.08. The number of carbonyl (C=O) groups is 3. The van der Waals surface area contributed by atoms with Crippen LogP contribution in [0.2, 0.25) is 0 Å². The summed E-state index contributed by atoms with van der Waals surface area (Å²) in [6, 6.07) is 5.79. The van der Waals surface area contributed by atoms with Crippen LogP contribution < -0.4 is 15.4 Å². The minimum atomic E-state index is -0.722. The van der Waals surface area contributed by atoms with Crippen LogP contribution in [-0.4, -0.2) is 44.6 Å². The smallest absolute Gasteiger partial charge is 0.328 e. The van der Waals surface area contributed by atoms with E-state index in [1.54, 1.807) is 24.3 Å². The van der Waals surface area contributed by atoms with Crippen LogP contribution in [-0.2, 0) is 14.3 Å². The molecule has 1 rings (SSSR count). The van der Waals surface area contributed by atoms with E-state index in [0.717, 1.165) is 0 Å². The zero-order valence-electron chi connectivity index (χ0n) is 14.4. The molecule has 0 fully saturated rings. The molecule has 2 N–H and O–H groups in total. The molecule has 0 aliphatic carbocycles. The van der Waals surface area contributed by atoms with Gasteiger partial charge < -0.3 is 20.1 Å². The van der Waals surface area contributed by atoms with Crippen molar-refractivity contribution in [1.82, 2.24) is 10.6 Å². The molecule has 24 heavy (non-hydrogen) atoms. The van der Waals surface area contributed by atoms with Crippen LogP contribution >= 0.6 is 0 Å². The first-order chi connectivity index (χ1) is 11.4. The van der Waals surface area contributed by atoms with E-state index in [2.05, 4.69) is 15.4 Å². The van der Waals surface area contributed by atoms with E-state index in [4.69, 9.17) is 4.74 Å². The summed E-state index contributed by atoms with van der Waals surface area (Å²) in [6.07, 6.45) is 0.463. The van der Waals surface area contributed by atoms with Crippen LogP contribution in [0.25, 0.3) is 0 Å². The molecule has 0 unspecified atom stereocenters. The van der Waals surface area contributed by atoms with Crippen molar-refractivity contribution < 1.29 is 23.9 Å². The lowest BCUT2D eigenvalue weighted by Crippen LogP contribution is -2.46. The molecule has 0 radical (unpaired) electrons. The lowest BCUT2D eigenvalue weighted by molar-refractivity contribution is -0.145. The van der Waals surface area contributed by atoms with Gasteiger partial charge in [0.05, 0.1) is 20.8 Å². The minimum Gasteiger partial charge on any atom is -0.497 e. The summed E-state index contributed by atoms with van der Waals surface area (Å²) in [6.45, 7) is 3.65. The molecule has 7 heteroatoms. The van der Waals surface area contributed by atoms with E-state index in [9.17, 15) is 14.4 Å². The predicted molar refractivity (Wildman–Crippen MR) is 88.7 cm³/mol. The predicted octanol–water partition coefficient (Wildman–Crippen LogP) is 1.13. The van der Waals surface area contributed by atoms with Gasteiger partial charge in [-0.25, -0.2) is 4.79 Å². The van der Waals surface area contributed by atoms with Gasteiger partial charge in [0.15, 0.2) is 0 Å². The summed E-state index contributed by atoms with van der Waals surface area (Å²) in [5.74, 6) is -0.486. The number of hydrogen-bond acceptors (Lipinski definition) is 5. The summed E-state index contributed by atoms with van der Waals surface area (Å²) < 4.78 is 9.69. The van der Waals surface area contributed by atoms with Crippen molar-refractivity contribution in [1.29, 1.82) is 0 Å². The van der Waals surface area contributed by atoms with Gasteiger partial charge >= 0.3 is 5.97 Å². The molecule has 0 aliphatic rings. The number of benzene rings is 1. The Hall–Kier alpha value is -2.57. The van der Waals surface area contributed by atoms with Crippen LogP contribution in [0, 0.1) is 5.92 Å². The number of esters is 1. The molecular weight excluding hydrogens is 312 g/mol. The van der Waals surface area contributed by atoms with Crippen molar-refractivity contribution in [3.05, 3.63) is 29.8 Å². The molecule has 0 aliphatic heterocycles. The van der Waals surface area contributed by atoms with Gasteiger partial charge in [-0.05, 0) is 36.6 Å². The Kier molecular flexibility index (Phi) is 7.74. The molecule has 1 atom stereocenters. The zero-order chi connectivity index (χ0) is 18.1. The lowest BCUT2D eigenvalue weighted by atomic mass is 10.0. The number of methoxy groups -OCH3 is 2. The SMILES string of the molecule is COC(=O)[C@H](CC(C)C)NC(=O)CNC(=O)c1ccc(OC)cc1. The second kappa shape index (κ2) is 9.54. The normalized spacial score (nSPS) is 11.5. The molecule has 0 heterocycles. The summed E-state index contributed by atoms with van der Waals surface area (Å²) in [4.78, 5) is 35.6. The van der Waals surface area contributed by atoms with E-state index < -0.39 is 17.9 Å². The van der Waals surface area contributed by atoms with Crippen LogP contribution in [0.4, 0.5) is 0 Å². The monoisotopic (exact) mass is 336 g/mol. The Balaban J connectivity index is 2.53. The van der Waals surface area contributed by atoms with Crippen molar-refractivity contribution in [3.8, 4) is 5.75 Å². The zero-order valence-corrected chi connectivity index (χ0v) is 14.4. The number of carbonyl (C=O) groups excluding carboxylic acids is 3. The second-order valence-corrected chi connectivity index (χ2v) is 5.68. The fourth-order valence-corrected chi connectivity index (χ4v) is 2.08. The Morgan fingerprint density at radius 1 is 1.08 bits per heavy atom. The summed E-state index contributed by atoms with van der Waals surface area (Å²) in [5.41, 5.74) is 0.412. The summed E-state index contributed by atoms with van der Waals surface area (Å²) in [7, 11) is 2.81. The lowest BCUT2D eigenvalue weighted by Gasteiger charge is -2.18. The topological polar surface area (TPSA) is 93.7 Å². The largest absolute Gasteiger partial charge is 0.497 e. The molecular formula is C17H24N2O5. The molecule has 2 amide bonds. The van der Waals surface area contributed by atoms with Gasteiger partial charge in [0.2, 0.25) is 5.91 Å². The third-order valence-electron chi connectivity index (χ3n) is 3.29. The first-order valence-corrected chi connectivity index (χ1v) is 7.66. The maximum Gasteiger partial charge on any atom is 0.328 e. The van der Waals surface area contributed by atoms with Crippen LogP contribution in [0.5, 0.6) is 5.75 Å². The maximum atomic E-state index is 12.0. The van der Waals surface area contributed by atoms with Gasteiger partial charge in [-0.1, -0.05) is 13.8 Å². The Morgan fingerprint density at radius 2 is 1.71 bits per heavy atom. The van der Waals surface area contributed by atoms with Crippen molar-refractivity contribution in [3.63, 3.8) is 0 Å². The quantitative estimate of drug-likeness (QED) is 0.694. The minimum absolute atomic E-state index is 0.211. The maximum absolute atomic E-state index is 12.0. The molecule has 0 bridgehead atoms. The van der Waals surface area contributed by atoms with Crippen LogP contribution in [0.15, 0.2) is 24.3 Å². The van der Waals surface area contributed by atoms with E-state index in [0.29, 0.717) is 17.7 Å². The third-order valence-corrected chi connectivity index (χ3v) is 3.29. The molecule has 0 saturated heterocycles. The number of ether oxygens (including phenoxy) is 2. The Labute approximate surface area is 141 Å². The summed E-state index contributed by atoms with van der Waals surface area (Å²) >= 11 is 0. The molecule has 132 valence electrons. The van der Waals surface area contributed by atoms with Crippen LogP contribution in [0.3, 0.4) is 0 Å². The molecule has 0 aromatic heterocycles. The highest BCUT2D eigenvalue weighted by molar-refractivity contribution is 5.97. The molecule has 0 spiro atoms.